The highest BCUT2D eigenvalue weighted by Crippen LogP contribution is 2.26. The van der Waals surface area contributed by atoms with Crippen LogP contribution in [0.4, 0.5) is 0 Å². The number of amides is 1. The van der Waals surface area contributed by atoms with Crippen molar-refractivity contribution in [1.82, 2.24) is 10.2 Å². The van der Waals surface area contributed by atoms with Gasteiger partial charge in [-0.1, -0.05) is 20.8 Å². The predicted octanol–water partition coefficient (Wildman–Crippen LogP) is 1.63. The van der Waals surface area contributed by atoms with Gasteiger partial charge in [-0.2, -0.15) is 0 Å². The summed E-state index contributed by atoms with van der Waals surface area (Å²) in [5, 5.41) is 3.15. The summed E-state index contributed by atoms with van der Waals surface area (Å²) in [6, 6.07) is 0.462. The summed E-state index contributed by atoms with van der Waals surface area (Å²) < 4.78 is 0. The molecule has 0 spiro atoms. The highest BCUT2D eigenvalue weighted by molar-refractivity contribution is 5.82. The Morgan fingerprint density at radius 3 is 2.67 bits per heavy atom. The van der Waals surface area contributed by atoms with Crippen LogP contribution < -0.4 is 5.32 Å². The summed E-state index contributed by atoms with van der Waals surface area (Å²) in [4.78, 5) is 14.2. The fourth-order valence-corrected chi connectivity index (χ4v) is 2.14. The van der Waals surface area contributed by atoms with Crippen LogP contribution in [0.5, 0.6) is 0 Å². The molecule has 0 bridgehead atoms. The van der Waals surface area contributed by atoms with Gasteiger partial charge in [-0.3, -0.25) is 4.79 Å². The molecule has 1 N–H and O–H groups in total. The molecule has 1 unspecified atom stereocenters. The van der Waals surface area contributed by atoms with Gasteiger partial charge in [-0.05, 0) is 32.9 Å². The van der Waals surface area contributed by atoms with Gasteiger partial charge in [0, 0.05) is 18.0 Å². The molecule has 1 atom stereocenters. The number of hydrogen-bond donors (Lipinski definition) is 1. The van der Waals surface area contributed by atoms with E-state index in [-0.39, 0.29) is 5.41 Å². The van der Waals surface area contributed by atoms with Crippen LogP contribution in [0.2, 0.25) is 0 Å². The third-order valence-corrected chi connectivity index (χ3v) is 3.01. The SMILES string of the molecule is CNCCC1CCCN1C(=O)C(C)(C)C. The first-order valence-electron chi connectivity index (χ1n) is 5.92. The van der Waals surface area contributed by atoms with E-state index in [9.17, 15) is 4.79 Å². The van der Waals surface area contributed by atoms with E-state index in [2.05, 4.69) is 10.2 Å². The van der Waals surface area contributed by atoms with Crippen molar-refractivity contribution in [3.8, 4) is 0 Å². The Morgan fingerprint density at radius 1 is 1.47 bits per heavy atom. The number of rotatable bonds is 3. The minimum atomic E-state index is -0.234. The molecule has 15 heavy (non-hydrogen) atoms. The maximum Gasteiger partial charge on any atom is 0.228 e. The fourth-order valence-electron chi connectivity index (χ4n) is 2.14. The van der Waals surface area contributed by atoms with Crippen LogP contribution in [0.1, 0.15) is 40.0 Å². The Balaban J connectivity index is 2.56. The van der Waals surface area contributed by atoms with Gasteiger partial charge in [0.15, 0.2) is 0 Å². The topological polar surface area (TPSA) is 32.3 Å². The quantitative estimate of drug-likeness (QED) is 0.771. The van der Waals surface area contributed by atoms with Crippen LogP contribution in [0.15, 0.2) is 0 Å². The lowest BCUT2D eigenvalue weighted by atomic mass is 9.94. The van der Waals surface area contributed by atoms with Gasteiger partial charge in [0.05, 0.1) is 0 Å². The number of carbonyl (C=O) groups is 1. The van der Waals surface area contributed by atoms with Crippen molar-refractivity contribution < 1.29 is 4.79 Å². The molecule has 0 aromatic rings. The van der Waals surface area contributed by atoms with Gasteiger partial charge in [0.25, 0.3) is 0 Å². The van der Waals surface area contributed by atoms with Crippen molar-refractivity contribution in [1.29, 1.82) is 0 Å². The van der Waals surface area contributed by atoms with E-state index in [0.717, 1.165) is 25.9 Å². The van der Waals surface area contributed by atoms with E-state index in [1.165, 1.54) is 6.42 Å². The van der Waals surface area contributed by atoms with Crippen molar-refractivity contribution in [3.63, 3.8) is 0 Å². The molecule has 0 aliphatic carbocycles. The zero-order valence-electron chi connectivity index (χ0n) is 10.5. The highest BCUT2D eigenvalue weighted by atomic mass is 16.2. The predicted molar refractivity (Wildman–Crippen MR) is 62.7 cm³/mol. The molecule has 1 aliphatic rings. The summed E-state index contributed by atoms with van der Waals surface area (Å²) in [6.45, 7) is 7.96. The van der Waals surface area contributed by atoms with Crippen molar-refractivity contribution in [3.05, 3.63) is 0 Å². The first-order valence-corrected chi connectivity index (χ1v) is 5.92. The smallest absolute Gasteiger partial charge is 0.228 e. The second-order valence-electron chi connectivity index (χ2n) is 5.44. The van der Waals surface area contributed by atoms with Gasteiger partial charge in [0.1, 0.15) is 0 Å². The largest absolute Gasteiger partial charge is 0.339 e. The Bertz CT molecular complexity index is 220. The fraction of sp³-hybridized carbons (Fsp3) is 0.917. The minimum Gasteiger partial charge on any atom is -0.339 e. The first kappa shape index (κ1) is 12.5. The molecule has 1 rings (SSSR count). The zero-order chi connectivity index (χ0) is 11.5. The molecule has 88 valence electrons. The van der Waals surface area contributed by atoms with E-state index in [0.29, 0.717) is 11.9 Å². The third-order valence-electron chi connectivity index (χ3n) is 3.01. The lowest BCUT2D eigenvalue weighted by Crippen LogP contribution is -2.43. The Kier molecular flexibility index (Phi) is 4.14. The Morgan fingerprint density at radius 2 is 2.13 bits per heavy atom. The van der Waals surface area contributed by atoms with Crippen molar-refractivity contribution in [2.24, 2.45) is 5.41 Å². The van der Waals surface area contributed by atoms with Gasteiger partial charge >= 0.3 is 0 Å². The summed E-state index contributed by atoms with van der Waals surface area (Å²) in [5.74, 6) is 0.307. The van der Waals surface area contributed by atoms with Crippen LogP contribution in [0, 0.1) is 5.41 Å². The molecule has 1 heterocycles. The lowest BCUT2D eigenvalue weighted by Gasteiger charge is -2.31. The number of nitrogens with zero attached hydrogens (tertiary/aromatic N) is 1. The lowest BCUT2D eigenvalue weighted by molar-refractivity contribution is -0.140. The molecule has 1 aliphatic heterocycles. The zero-order valence-corrected chi connectivity index (χ0v) is 10.5. The molecular weight excluding hydrogens is 188 g/mol. The Labute approximate surface area is 93.2 Å². The first-order chi connectivity index (χ1) is 6.96. The maximum atomic E-state index is 12.1. The summed E-state index contributed by atoms with van der Waals surface area (Å²) >= 11 is 0. The van der Waals surface area contributed by atoms with Crippen LogP contribution in [0.25, 0.3) is 0 Å². The number of nitrogens with one attached hydrogen (secondary N) is 1. The molecule has 0 radical (unpaired) electrons. The highest BCUT2D eigenvalue weighted by Gasteiger charge is 2.34. The maximum absolute atomic E-state index is 12.1. The average Bonchev–Trinajstić information content (AvgIpc) is 2.59. The number of hydrogen-bond acceptors (Lipinski definition) is 2. The monoisotopic (exact) mass is 212 g/mol. The van der Waals surface area contributed by atoms with Gasteiger partial charge in [-0.25, -0.2) is 0 Å². The molecular formula is C12H24N2O. The van der Waals surface area contributed by atoms with Crippen LogP contribution >= 0.6 is 0 Å². The molecule has 0 saturated carbocycles. The molecule has 1 amide bonds. The standard InChI is InChI=1S/C12H24N2O/c1-12(2,3)11(15)14-9-5-6-10(14)7-8-13-4/h10,13H,5-9H2,1-4H3. The number of likely N-dealkylation sites (tertiary alicyclic amines) is 1. The van der Waals surface area contributed by atoms with Crippen LogP contribution in [-0.4, -0.2) is 37.0 Å². The van der Waals surface area contributed by atoms with Crippen molar-refractivity contribution >= 4 is 5.91 Å². The van der Waals surface area contributed by atoms with E-state index < -0.39 is 0 Å². The molecule has 3 heteroatoms. The molecule has 1 saturated heterocycles. The van der Waals surface area contributed by atoms with E-state index in [1.807, 2.05) is 27.8 Å². The van der Waals surface area contributed by atoms with Crippen molar-refractivity contribution in [2.45, 2.75) is 46.1 Å². The minimum absolute atomic E-state index is 0.234. The molecule has 0 aromatic heterocycles. The summed E-state index contributed by atoms with van der Waals surface area (Å²) in [7, 11) is 1.96. The van der Waals surface area contributed by atoms with Gasteiger partial charge in [-0.15, -0.1) is 0 Å². The van der Waals surface area contributed by atoms with Crippen LogP contribution in [0.3, 0.4) is 0 Å². The van der Waals surface area contributed by atoms with Crippen molar-refractivity contribution in [2.75, 3.05) is 20.1 Å². The van der Waals surface area contributed by atoms with Crippen LogP contribution in [-0.2, 0) is 4.79 Å². The molecule has 1 fully saturated rings. The number of carbonyl (C=O) groups excluding carboxylic acids is 1. The van der Waals surface area contributed by atoms with Gasteiger partial charge in [0.2, 0.25) is 5.91 Å². The summed E-state index contributed by atoms with van der Waals surface area (Å²) in [6.07, 6.45) is 3.41. The molecule has 0 aromatic carbocycles. The van der Waals surface area contributed by atoms with Gasteiger partial charge < -0.3 is 10.2 Å². The second kappa shape index (κ2) is 4.97. The summed E-state index contributed by atoms with van der Waals surface area (Å²) in [5.41, 5.74) is -0.234. The average molecular weight is 212 g/mol. The second-order valence-corrected chi connectivity index (χ2v) is 5.44. The normalized spacial score (nSPS) is 22.1. The molecule has 3 nitrogen and oxygen atoms in total. The van der Waals surface area contributed by atoms with E-state index >= 15 is 0 Å². The van der Waals surface area contributed by atoms with E-state index in [4.69, 9.17) is 0 Å². The Hall–Kier alpha value is -0.570. The third kappa shape index (κ3) is 3.20. The van der Waals surface area contributed by atoms with E-state index in [1.54, 1.807) is 0 Å².